The Morgan fingerprint density at radius 2 is 1.87 bits per heavy atom. The maximum absolute atomic E-state index is 11.0. The maximum atomic E-state index is 11.0. The fourth-order valence-electron chi connectivity index (χ4n) is 1.24. The first-order valence-electron chi connectivity index (χ1n) is 4.77. The van der Waals surface area contributed by atoms with Gasteiger partial charge in [0, 0.05) is 12.8 Å². The third kappa shape index (κ3) is 4.61. The molecule has 0 rings (SSSR count). The molecule has 0 aliphatic rings. The Hall–Kier alpha value is -0.620. The predicted octanol–water partition coefficient (Wildman–Crippen LogP) is 0.216. The Morgan fingerprint density at radius 3 is 2.13 bits per heavy atom. The molecule has 0 aliphatic carbocycles. The first-order valence-corrected chi connectivity index (χ1v) is 6.83. The summed E-state index contributed by atoms with van der Waals surface area (Å²) in [7, 11) is -3.05. The van der Waals surface area contributed by atoms with Crippen LogP contribution in [0.2, 0.25) is 0 Å². The molecule has 15 heavy (non-hydrogen) atoms. The summed E-state index contributed by atoms with van der Waals surface area (Å²) in [4.78, 5) is 12.6. The number of rotatable bonds is 6. The van der Waals surface area contributed by atoms with Gasteiger partial charge in [-0.2, -0.15) is 0 Å². The van der Waals surface area contributed by atoms with Crippen LogP contribution in [-0.2, 0) is 14.6 Å². The minimum atomic E-state index is -3.05. The van der Waals surface area contributed by atoms with E-state index >= 15 is 0 Å². The van der Waals surface area contributed by atoms with Crippen molar-refractivity contribution < 1.29 is 18.3 Å². The average Bonchev–Trinajstić information content (AvgIpc) is 2.02. The van der Waals surface area contributed by atoms with Gasteiger partial charge in [-0.15, -0.1) is 0 Å². The van der Waals surface area contributed by atoms with Crippen molar-refractivity contribution in [3.63, 3.8) is 0 Å². The van der Waals surface area contributed by atoms with Gasteiger partial charge in [-0.05, 0) is 20.4 Å². The lowest BCUT2D eigenvalue weighted by Crippen LogP contribution is -2.51. The van der Waals surface area contributed by atoms with Crippen molar-refractivity contribution in [3.05, 3.63) is 0 Å². The van der Waals surface area contributed by atoms with Crippen LogP contribution in [-0.4, -0.2) is 55.0 Å². The Balaban J connectivity index is 4.58. The molecule has 0 fully saturated rings. The molecular formula is C9H19NO4S. The lowest BCUT2D eigenvalue weighted by Gasteiger charge is -2.33. The summed E-state index contributed by atoms with van der Waals surface area (Å²) in [6.07, 6.45) is 1.15. The van der Waals surface area contributed by atoms with Gasteiger partial charge >= 0.3 is 5.97 Å². The molecule has 0 bridgehead atoms. The summed E-state index contributed by atoms with van der Waals surface area (Å²) in [6, 6.07) is 0. The Bertz CT molecular complexity index is 321. The quantitative estimate of drug-likeness (QED) is 0.715. The molecule has 0 saturated heterocycles. The van der Waals surface area contributed by atoms with Crippen LogP contribution in [0.4, 0.5) is 0 Å². The van der Waals surface area contributed by atoms with Crippen LogP contribution in [0.5, 0.6) is 0 Å². The molecule has 0 unspecified atom stereocenters. The van der Waals surface area contributed by atoms with E-state index in [2.05, 4.69) is 0 Å². The van der Waals surface area contributed by atoms with Crippen LogP contribution in [0, 0.1) is 0 Å². The second-order valence-electron chi connectivity index (χ2n) is 4.07. The molecule has 0 aromatic heterocycles. The zero-order valence-electron chi connectivity index (χ0n) is 9.65. The second-order valence-corrected chi connectivity index (χ2v) is 6.33. The number of aliphatic carboxylic acids is 1. The van der Waals surface area contributed by atoms with E-state index in [1.54, 1.807) is 18.7 Å². The Kier molecular flexibility index (Phi) is 4.73. The smallest absolute Gasteiger partial charge is 0.323 e. The fourth-order valence-corrected chi connectivity index (χ4v) is 1.80. The highest BCUT2D eigenvalue weighted by Gasteiger charge is 2.33. The van der Waals surface area contributed by atoms with Crippen molar-refractivity contribution in [1.29, 1.82) is 0 Å². The normalized spacial score (nSPS) is 13.1. The standard InChI is InChI=1S/C9H19NO4S/c1-5-10(6-7-15(4,13)14)9(2,3)8(11)12/h5-7H2,1-4H3,(H,11,12). The third-order valence-electron chi connectivity index (χ3n) is 2.43. The van der Waals surface area contributed by atoms with Crippen LogP contribution >= 0.6 is 0 Å². The van der Waals surface area contributed by atoms with Gasteiger partial charge in [0.2, 0.25) is 0 Å². The maximum Gasteiger partial charge on any atom is 0.323 e. The van der Waals surface area contributed by atoms with Crippen molar-refractivity contribution in [1.82, 2.24) is 4.90 Å². The van der Waals surface area contributed by atoms with Gasteiger partial charge < -0.3 is 5.11 Å². The molecule has 0 aromatic carbocycles. The van der Waals surface area contributed by atoms with E-state index in [-0.39, 0.29) is 12.3 Å². The van der Waals surface area contributed by atoms with Crippen molar-refractivity contribution >= 4 is 15.8 Å². The van der Waals surface area contributed by atoms with E-state index in [4.69, 9.17) is 5.11 Å². The monoisotopic (exact) mass is 237 g/mol. The minimum absolute atomic E-state index is 0.0163. The molecule has 0 saturated carbocycles. The average molecular weight is 237 g/mol. The summed E-state index contributed by atoms with van der Waals surface area (Å²) >= 11 is 0. The van der Waals surface area contributed by atoms with Crippen LogP contribution in [0.3, 0.4) is 0 Å². The number of nitrogens with zero attached hydrogens (tertiary/aromatic N) is 1. The van der Waals surface area contributed by atoms with Crippen molar-refractivity contribution in [2.75, 3.05) is 25.1 Å². The van der Waals surface area contributed by atoms with E-state index in [0.29, 0.717) is 6.54 Å². The first kappa shape index (κ1) is 14.4. The van der Waals surface area contributed by atoms with Gasteiger partial charge in [0.1, 0.15) is 15.4 Å². The minimum Gasteiger partial charge on any atom is -0.480 e. The predicted molar refractivity (Wildman–Crippen MR) is 58.7 cm³/mol. The molecule has 90 valence electrons. The van der Waals surface area contributed by atoms with Gasteiger partial charge in [0.15, 0.2) is 0 Å². The largest absolute Gasteiger partial charge is 0.480 e. The summed E-state index contributed by atoms with van der Waals surface area (Å²) in [5.41, 5.74) is -1.03. The number of sulfone groups is 1. The zero-order chi connectivity index (χ0) is 12.3. The molecule has 0 amide bonds. The van der Waals surface area contributed by atoms with Crippen LogP contribution in [0.1, 0.15) is 20.8 Å². The zero-order valence-corrected chi connectivity index (χ0v) is 10.5. The van der Waals surface area contributed by atoms with E-state index in [0.717, 1.165) is 6.26 Å². The van der Waals surface area contributed by atoms with Gasteiger partial charge in [0.25, 0.3) is 0 Å². The molecule has 0 aromatic rings. The second kappa shape index (κ2) is 4.94. The lowest BCUT2D eigenvalue weighted by atomic mass is 10.0. The third-order valence-corrected chi connectivity index (χ3v) is 3.35. The van der Waals surface area contributed by atoms with Gasteiger partial charge in [-0.1, -0.05) is 6.92 Å². The molecule has 0 aliphatic heterocycles. The van der Waals surface area contributed by atoms with Crippen LogP contribution in [0.25, 0.3) is 0 Å². The molecule has 0 radical (unpaired) electrons. The number of carboxylic acids is 1. The Morgan fingerprint density at radius 1 is 1.40 bits per heavy atom. The van der Waals surface area contributed by atoms with Gasteiger partial charge in [-0.25, -0.2) is 8.42 Å². The number of carbonyl (C=O) groups is 1. The van der Waals surface area contributed by atoms with E-state index in [1.807, 2.05) is 6.92 Å². The lowest BCUT2D eigenvalue weighted by molar-refractivity contribution is -0.149. The molecule has 0 heterocycles. The number of hydrogen-bond acceptors (Lipinski definition) is 4. The Labute approximate surface area is 91.0 Å². The molecule has 5 nitrogen and oxygen atoms in total. The number of carboxylic acid groups (broad SMARTS) is 1. The highest BCUT2D eigenvalue weighted by Crippen LogP contribution is 2.14. The van der Waals surface area contributed by atoms with Crippen molar-refractivity contribution in [2.45, 2.75) is 26.3 Å². The molecule has 6 heteroatoms. The molecular weight excluding hydrogens is 218 g/mol. The first-order chi connectivity index (χ1) is 6.61. The van der Waals surface area contributed by atoms with Gasteiger partial charge in [0.05, 0.1) is 5.75 Å². The summed E-state index contributed by atoms with van der Waals surface area (Å²) < 4.78 is 21.9. The van der Waals surface area contributed by atoms with Crippen molar-refractivity contribution in [3.8, 4) is 0 Å². The van der Waals surface area contributed by atoms with E-state index < -0.39 is 21.3 Å². The number of hydrogen-bond donors (Lipinski definition) is 1. The highest BCUT2D eigenvalue weighted by atomic mass is 32.2. The van der Waals surface area contributed by atoms with Crippen LogP contribution < -0.4 is 0 Å². The molecule has 0 spiro atoms. The molecule has 0 atom stereocenters. The number of likely N-dealkylation sites (N-methyl/N-ethyl adjacent to an activating group) is 1. The van der Waals surface area contributed by atoms with Crippen LogP contribution in [0.15, 0.2) is 0 Å². The highest BCUT2D eigenvalue weighted by molar-refractivity contribution is 7.90. The SMILES string of the molecule is CCN(CCS(C)(=O)=O)C(C)(C)C(=O)O. The van der Waals surface area contributed by atoms with Crippen molar-refractivity contribution in [2.24, 2.45) is 0 Å². The summed E-state index contributed by atoms with van der Waals surface area (Å²) in [5, 5.41) is 8.98. The van der Waals surface area contributed by atoms with E-state index in [1.165, 1.54) is 0 Å². The summed E-state index contributed by atoms with van der Waals surface area (Å²) in [5.74, 6) is -0.963. The fraction of sp³-hybridized carbons (Fsp3) is 0.889. The topological polar surface area (TPSA) is 74.7 Å². The molecule has 1 N–H and O–H groups in total. The van der Waals surface area contributed by atoms with Gasteiger partial charge in [-0.3, -0.25) is 9.69 Å². The summed E-state index contributed by atoms with van der Waals surface area (Å²) in [6.45, 7) is 5.71. The van der Waals surface area contributed by atoms with E-state index in [9.17, 15) is 13.2 Å².